The fourth-order valence-corrected chi connectivity index (χ4v) is 3.95. The van der Waals surface area contributed by atoms with Gasteiger partial charge in [0.15, 0.2) is 0 Å². The highest BCUT2D eigenvalue weighted by atomic mass is 35.5. The van der Waals surface area contributed by atoms with Crippen LogP contribution >= 0.6 is 11.6 Å². The molecule has 0 aliphatic heterocycles. The lowest BCUT2D eigenvalue weighted by molar-refractivity contribution is -0.143. The van der Waals surface area contributed by atoms with Gasteiger partial charge in [-0.15, -0.1) is 0 Å². The predicted octanol–water partition coefficient (Wildman–Crippen LogP) is 3.59. The van der Waals surface area contributed by atoms with Crippen LogP contribution in [-0.2, 0) is 9.59 Å². The molecule has 0 spiro atoms. The molecule has 5 heteroatoms. The Labute approximate surface area is 141 Å². The van der Waals surface area contributed by atoms with E-state index in [1.54, 1.807) is 0 Å². The summed E-state index contributed by atoms with van der Waals surface area (Å²) < 4.78 is 0. The predicted molar refractivity (Wildman–Crippen MR) is 88.4 cm³/mol. The number of halogens is 1. The van der Waals surface area contributed by atoms with Gasteiger partial charge in [0.25, 0.3) is 0 Å². The third-order valence-corrected chi connectivity index (χ3v) is 5.44. The van der Waals surface area contributed by atoms with E-state index < -0.39 is 11.9 Å². The molecule has 2 N–H and O–H groups in total. The molecule has 0 aromatic heterocycles. The molecule has 0 bridgehead atoms. The quantitative estimate of drug-likeness (QED) is 0.826. The third-order valence-electron chi connectivity index (χ3n) is 5.09. The topological polar surface area (TPSA) is 66.4 Å². The van der Waals surface area contributed by atoms with Gasteiger partial charge in [0.1, 0.15) is 0 Å². The van der Waals surface area contributed by atoms with Gasteiger partial charge in [-0.05, 0) is 36.8 Å². The van der Waals surface area contributed by atoms with Crippen LogP contribution in [0.5, 0.6) is 0 Å². The summed E-state index contributed by atoms with van der Waals surface area (Å²) in [5.41, 5.74) is 1.02. The summed E-state index contributed by atoms with van der Waals surface area (Å²) in [7, 11) is 0. The van der Waals surface area contributed by atoms with E-state index in [1.807, 2.05) is 24.3 Å². The number of carboxylic acids is 1. The molecule has 4 atom stereocenters. The zero-order chi connectivity index (χ0) is 16.4. The van der Waals surface area contributed by atoms with Crippen LogP contribution in [0.4, 0.5) is 0 Å². The largest absolute Gasteiger partial charge is 0.481 e. The number of hydrogen-bond acceptors (Lipinski definition) is 2. The molecule has 1 amide bonds. The monoisotopic (exact) mass is 335 g/mol. The SMILES string of the molecule is O=C(N[C@H]1CCCCC[C@H]1C(=O)O)C1CC1c1ccccc1Cl. The number of rotatable bonds is 4. The Hall–Kier alpha value is -1.55. The molecular weight excluding hydrogens is 314 g/mol. The number of benzene rings is 1. The minimum absolute atomic E-state index is 0.0203. The van der Waals surface area contributed by atoms with Gasteiger partial charge in [-0.2, -0.15) is 0 Å². The van der Waals surface area contributed by atoms with Crippen LogP contribution in [0.1, 0.15) is 50.0 Å². The lowest BCUT2D eigenvalue weighted by Crippen LogP contribution is -2.43. The second-order valence-electron chi connectivity index (χ2n) is 6.67. The van der Waals surface area contributed by atoms with E-state index in [1.165, 1.54) is 0 Å². The summed E-state index contributed by atoms with van der Waals surface area (Å²) in [5.74, 6) is -1.19. The van der Waals surface area contributed by atoms with E-state index in [2.05, 4.69) is 5.32 Å². The Bertz CT molecular complexity index is 604. The summed E-state index contributed by atoms with van der Waals surface area (Å²) in [6, 6.07) is 7.38. The molecule has 124 valence electrons. The van der Waals surface area contributed by atoms with Crippen LogP contribution in [0.25, 0.3) is 0 Å². The Balaban J connectivity index is 1.63. The van der Waals surface area contributed by atoms with Gasteiger partial charge >= 0.3 is 5.97 Å². The first-order valence-corrected chi connectivity index (χ1v) is 8.73. The van der Waals surface area contributed by atoms with Crippen molar-refractivity contribution < 1.29 is 14.7 Å². The van der Waals surface area contributed by atoms with Gasteiger partial charge in [0.2, 0.25) is 5.91 Å². The van der Waals surface area contributed by atoms with Crippen LogP contribution in [-0.4, -0.2) is 23.0 Å². The average Bonchev–Trinajstić information content (AvgIpc) is 3.31. The summed E-state index contributed by atoms with van der Waals surface area (Å²) in [6.45, 7) is 0. The molecule has 23 heavy (non-hydrogen) atoms. The van der Waals surface area contributed by atoms with Crippen molar-refractivity contribution in [3.63, 3.8) is 0 Å². The highest BCUT2D eigenvalue weighted by molar-refractivity contribution is 6.31. The summed E-state index contributed by atoms with van der Waals surface area (Å²) >= 11 is 6.20. The maximum atomic E-state index is 12.5. The van der Waals surface area contributed by atoms with E-state index in [9.17, 15) is 14.7 Å². The second kappa shape index (κ2) is 6.91. The standard InChI is InChI=1S/C18H22ClNO3/c19-15-8-5-4-6-11(15)13-10-14(13)17(21)20-16-9-3-1-2-7-12(16)18(22)23/h4-6,8,12-14,16H,1-3,7,9-10H2,(H,20,21)(H,22,23)/t12-,13?,14?,16+/m1/s1. The molecule has 2 fully saturated rings. The molecule has 0 radical (unpaired) electrons. The molecule has 2 saturated carbocycles. The van der Waals surface area contributed by atoms with E-state index >= 15 is 0 Å². The van der Waals surface area contributed by atoms with Crippen molar-refractivity contribution in [2.24, 2.45) is 11.8 Å². The lowest BCUT2D eigenvalue weighted by atomic mass is 9.94. The average molecular weight is 336 g/mol. The first-order valence-electron chi connectivity index (χ1n) is 8.35. The van der Waals surface area contributed by atoms with Crippen molar-refractivity contribution in [3.8, 4) is 0 Å². The molecule has 1 aromatic carbocycles. The minimum Gasteiger partial charge on any atom is -0.481 e. The smallest absolute Gasteiger partial charge is 0.308 e. The van der Waals surface area contributed by atoms with Gasteiger partial charge in [0, 0.05) is 17.0 Å². The Kier molecular flexibility index (Phi) is 4.90. The Morgan fingerprint density at radius 1 is 1.09 bits per heavy atom. The summed E-state index contributed by atoms with van der Waals surface area (Å²) in [4.78, 5) is 23.9. The minimum atomic E-state index is -0.796. The van der Waals surface area contributed by atoms with Crippen molar-refractivity contribution >= 4 is 23.5 Å². The van der Waals surface area contributed by atoms with E-state index in [0.29, 0.717) is 11.4 Å². The molecule has 2 aliphatic rings. The molecule has 3 rings (SSSR count). The highest BCUT2D eigenvalue weighted by Gasteiger charge is 2.46. The van der Waals surface area contributed by atoms with Crippen molar-refractivity contribution in [3.05, 3.63) is 34.9 Å². The maximum absolute atomic E-state index is 12.5. The van der Waals surface area contributed by atoms with Crippen LogP contribution in [0.3, 0.4) is 0 Å². The van der Waals surface area contributed by atoms with Crippen molar-refractivity contribution in [2.75, 3.05) is 0 Å². The van der Waals surface area contributed by atoms with Crippen molar-refractivity contribution in [1.29, 1.82) is 0 Å². The van der Waals surface area contributed by atoms with Gasteiger partial charge < -0.3 is 10.4 Å². The molecule has 1 aromatic rings. The van der Waals surface area contributed by atoms with Crippen molar-refractivity contribution in [1.82, 2.24) is 5.32 Å². The number of carboxylic acid groups (broad SMARTS) is 1. The second-order valence-corrected chi connectivity index (χ2v) is 7.08. The Morgan fingerprint density at radius 2 is 1.83 bits per heavy atom. The van der Waals surface area contributed by atoms with Crippen LogP contribution in [0, 0.1) is 11.8 Å². The van der Waals surface area contributed by atoms with E-state index in [-0.39, 0.29) is 23.8 Å². The zero-order valence-corrected chi connectivity index (χ0v) is 13.8. The zero-order valence-electron chi connectivity index (χ0n) is 13.0. The number of aliphatic carboxylic acids is 1. The summed E-state index contributed by atoms with van der Waals surface area (Å²) in [5, 5.41) is 13.1. The normalized spacial score (nSPS) is 30.3. The molecule has 2 aliphatic carbocycles. The lowest BCUT2D eigenvalue weighted by Gasteiger charge is -2.23. The number of nitrogens with one attached hydrogen (secondary N) is 1. The molecule has 2 unspecified atom stereocenters. The van der Waals surface area contributed by atoms with E-state index in [0.717, 1.165) is 37.7 Å². The first kappa shape index (κ1) is 16.3. The van der Waals surface area contributed by atoms with Crippen LogP contribution in [0.2, 0.25) is 5.02 Å². The van der Waals surface area contributed by atoms with Gasteiger partial charge in [0.05, 0.1) is 5.92 Å². The number of hydrogen-bond donors (Lipinski definition) is 2. The molecular formula is C18H22ClNO3. The number of amides is 1. The fourth-order valence-electron chi connectivity index (χ4n) is 3.67. The molecule has 0 saturated heterocycles. The highest BCUT2D eigenvalue weighted by Crippen LogP contribution is 2.49. The number of carbonyl (C=O) groups excluding carboxylic acids is 1. The van der Waals surface area contributed by atoms with Gasteiger partial charge in [-0.3, -0.25) is 9.59 Å². The summed E-state index contributed by atoms with van der Waals surface area (Å²) in [6.07, 6.45) is 5.15. The molecule has 0 heterocycles. The van der Waals surface area contributed by atoms with Gasteiger partial charge in [-0.25, -0.2) is 0 Å². The van der Waals surface area contributed by atoms with Crippen LogP contribution < -0.4 is 5.32 Å². The third kappa shape index (κ3) is 3.69. The maximum Gasteiger partial charge on any atom is 0.308 e. The fraction of sp³-hybridized carbons (Fsp3) is 0.556. The van der Waals surface area contributed by atoms with E-state index in [4.69, 9.17) is 11.6 Å². The van der Waals surface area contributed by atoms with Crippen molar-refractivity contribution in [2.45, 2.75) is 50.5 Å². The first-order chi connectivity index (χ1) is 11.1. The van der Waals surface area contributed by atoms with Crippen LogP contribution in [0.15, 0.2) is 24.3 Å². The van der Waals surface area contributed by atoms with Gasteiger partial charge in [-0.1, -0.05) is 49.1 Å². The Morgan fingerprint density at radius 3 is 2.57 bits per heavy atom. The molecule has 4 nitrogen and oxygen atoms in total. The number of carbonyl (C=O) groups is 2.